The number of phenolic OH excluding ortho intramolecular Hbond substituents is 1. The standard InChI is InChI=1S/C13H13NO3/c1-14-11(4-3-5-13(14)16)10-8-9(17-2)6-7-12(10)15/h3-8,15H,1-2H3. The lowest BCUT2D eigenvalue weighted by molar-refractivity contribution is 0.412. The third-order valence-electron chi connectivity index (χ3n) is 2.66. The van der Waals surface area contributed by atoms with Gasteiger partial charge in [0.05, 0.1) is 12.8 Å². The van der Waals surface area contributed by atoms with Crippen molar-refractivity contribution in [3.63, 3.8) is 0 Å². The summed E-state index contributed by atoms with van der Waals surface area (Å²) in [5.41, 5.74) is 1.10. The van der Waals surface area contributed by atoms with Crippen LogP contribution in [0.15, 0.2) is 41.2 Å². The molecule has 0 atom stereocenters. The Morgan fingerprint density at radius 3 is 2.71 bits per heavy atom. The molecule has 0 fully saturated rings. The molecule has 1 aromatic heterocycles. The van der Waals surface area contributed by atoms with Gasteiger partial charge in [-0.2, -0.15) is 0 Å². The Kier molecular flexibility index (Phi) is 2.87. The molecule has 0 aliphatic heterocycles. The lowest BCUT2D eigenvalue weighted by atomic mass is 10.1. The van der Waals surface area contributed by atoms with Gasteiger partial charge in [0.2, 0.25) is 0 Å². The minimum atomic E-state index is -0.121. The summed E-state index contributed by atoms with van der Waals surface area (Å²) in [5.74, 6) is 0.751. The highest BCUT2D eigenvalue weighted by Gasteiger charge is 2.09. The van der Waals surface area contributed by atoms with Crippen molar-refractivity contribution in [2.24, 2.45) is 7.05 Å². The fourth-order valence-corrected chi connectivity index (χ4v) is 1.68. The van der Waals surface area contributed by atoms with Gasteiger partial charge in [-0.15, -0.1) is 0 Å². The van der Waals surface area contributed by atoms with Gasteiger partial charge in [0, 0.05) is 18.7 Å². The summed E-state index contributed by atoms with van der Waals surface area (Å²) in [5, 5.41) is 9.83. The highest BCUT2D eigenvalue weighted by atomic mass is 16.5. The smallest absolute Gasteiger partial charge is 0.250 e. The number of aromatic nitrogens is 1. The number of rotatable bonds is 2. The fourth-order valence-electron chi connectivity index (χ4n) is 1.68. The molecule has 0 bridgehead atoms. The maximum Gasteiger partial charge on any atom is 0.250 e. The molecule has 2 rings (SSSR count). The first-order valence-corrected chi connectivity index (χ1v) is 5.17. The zero-order valence-corrected chi connectivity index (χ0v) is 9.68. The maximum absolute atomic E-state index is 11.5. The molecule has 0 aliphatic rings. The molecule has 0 aliphatic carbocycles. The van der Waals surface area contributed by atoms with E-state index in [1.165, 1.54) is 10.6 Å². The first-order valence-electron chi connectivity index (χ1n) is 5.17. The first-order chi connectivity index (χ1) is 8.13. The average Bonchev–Trinajstić information content (AvgIpc) is 2.34. The van der Waals surface area contributed by atoms with Gasteiger partial charge in [0.25, 0.3) is 5.56 Å². The van der Waals surface area contributed by atoms with Crippen LogP contribution in [0.3, 0.4) is 0 Å². The van der Waals surface area contributed by atoms with E-state index in [0.29, 0.717) is 17.0 Å². The van der Waals surface area contributed by atoms with Crippen molar-refractivity contribution in [3.05, 3.63) is 46.8 Å². The lowest BCUT2D eigenvalue weighted by Crippen LogP contribution is -2.16. The Morgan fingerprint density at radius 2 is 2.00 bits per heavy atom. The van der Waals surface area contributed by atoms with Crippen LogP contribution in [0.1, 0.15) is 0 Å². The third-order valence-corrected chi connectivity index (χ3v) is 2.66. The topological polar surface area (TPSA) is 51.5 Å². The van der Waals surface area contributed by atoms with Gasteiger partial charge in [0.1, 0.15) is 11.5 Å². The van der Waals surface area contributed by atoms with Crippen LogP contribution in [0.25, 0.3) is 11.3 Å². The summed E-state index contributed by atoms with van der Waals surface area (Å²) >= 11 is 0. The summed E-state index contributed by atoms with van der Waals surface area (Å²) < 4.78 is 6.58. The second-order valence-electron chi connectivity index (χ2n) is 3.69. The van der Waals surface area contributed by atoms with Crippen molar-refractivity contribution in [1.29, 1.82) is 0 Å². The molecule has 4 heteroatoms. The Bertz CT molecular complexity index is 602. The number of phenols is 1. The fraction of sp³-hybridized carbons (Fsp3) is 0.154. The molecule has 88 valence electrons. The second kappa shape index (κ2) is 4.33. The summed E-state index contributed by atoms with van der Waals surface area (Å²) in [7, 11) is 3.22. The van der Waals surface area contributed by atoms with Crippen LogP contribution in [0.2, 0.25) is 0 Å². The Labute approximate surface area is 98.7 Å². The normalized spacial score (nSPS) is 10.2. The summed E-state index contributed by atoms with van der Waals surface area (Å²) in [6, 6.07) is 9.82. The monoisotopic (exact) mass is 231 g/mol. The Morgan fingerprint density at radius 1 is 1.24 bits per heavy atom. The molecular weight excluding hydrogens is 218 g/mol. The molecular formula is C13H13NO3. The van der Waals surface area contributed by atoms with Crippen LogP contribution in [-0.4, -0.2) is 16.8 Å². The van der Waals surface area contributed by atoms with E-state index in [-0.39, 0.29) is 11.3 Å². The number of hydrogen-bond donors (Lipinski definition) is 1. The minimum absolute atomic E-state index is 0.118. The molecule has 17 heavy (non-hydrogen) atoms. The number of benzene rings is 1. The highest BCUT2D eigenvalue weighted by Crippen LogP contribution is 2.31. The molecule has 0 saturated heterocycles. The van der Waals surface area contributed by atoms with E-state index in [9.17, 15) is 9.90 Å². The van der Waals surface area contributed by atoms with E-state index in [1.807, 2.05) is 0 Å². The number of nitrogens with zero attached hydrogens (tertiary/aromatic N) is 1. The van der Waals surface area contributed by atoms with E-state index in [0.717, 1.165) is 0 Å². The summed E-state index contributed by atoms with van der Waals surface area (Å²) in [6.07, 6.45) is 0. The highest BCUT2D eigenvalue weighted by molar-refractivity contribution is 5.68. The van der Waals surface area contributed by atoms with Gasteiger partial charge in [-0.25, -0.2) is 0 Å². The number of ether oxygens (including phenoxy) is 1. The zero-order valence-electron chi connectivity index (χ0n) is 9.68. The minimum Gasteiger partial charge on any atom is -0.507 e. The zero-order chi connectivity index (χ0) is 12.4. The van der Waals surface area contributed by atoms with E-state index in [1.54, 1.807) is 44.5 Å². The Hall–Kier alpha value is -2.23. The summed E-state index contributed by atoms with van der Waals surface area (Å²) in [6.45, 7) is 0. The number of pyridine rings is 1. The van der Waals surface area contributed by atoms with Crippen molar-refractivity contribution in [2.45, 2.75) is 0 Å². The third kappa shape index (κ3) is 2.01. The molecule has 1 aromatic carbocycles. The van der Waals surface area contributed by atoms with Crippen molar-refractivity contribution in [2.75, 3.05) is 7.11 Å². The first kappa shape index (κ1) is 11.3. The van der Waals surface area contributed by atoms with Crippen LogP contribution in [-0.2, 0) is 7.05 Å². The molecule has 1 N–H and O–H groups in total. The Balaban J connectivity index is 2.67. The molecule has 0 radical (unpaired) electrons. The van der Waals surface area contributed by atoms with Crippen LogP contribution in [0, 0.1) is 0 Å². The van der Waals surface area contributed by atoms with E-state index >= 15 is 0 Å². The van der Waals surface area contributed by atoms with Crippen molar-refractivity contribution < 1.29 is 9.84 Å². The van der Waals surface area contributed by atoms with Gasteiger partial charge in [-0.3, -0.25) is 4.79 Å². The maximum atomic E-state index is 11.5. The molecule has 0 unspecified atom stereocenters. The van der Waals surface area contributed by atoms with Gasteiger partial charge < -0.3 is 14.4 Å². The van der Waals surface area contributed by atoms with Crippen LogP contribution in [0.5, 0.6) is 11.5 Å². The van der Waals surface area contributed by atoms with Gasteiger partial charge in [-0.05, 0) is 24.3 Å². The average molecular weight is 231 g/mol. The number of hydrogen-bond acceptors (Lipinski definition) is 3. The molecule has 0 spiro atoms. The van der Waals surface area contributed by atoms with E-state index < -0.39 is 0 Å². The second-order valence-corrected chi connectivity index (χ2v) is 3.69. The molecule has 4 nitrogen and oxygen atoms in total. The van der Waals surface area contributed by atoms with Gasteiger partial charge in [0.15, 0.2) is 0 Å². The predicted molar refractivity (Wildman–Crippen MR) is 65.3 cm³/mol. The molecule has 2 aromatic rings. The number of methoxy groups -OCH3 is 1. The molecule has 1 heterocycles. The van der Waals surface area contributed by atoms with E-state index in [2.05, 4.69) is 0 Å². The van der Waals surface area contributed by atoms with Crippen LogP contribution < -0.4 is 10.3 Å². The van der Waals surface area contributed by atoms with Crippen molar-refractivity contribution in [1.82, 2.24) is 4.57 Å². The predicted octanol–water partition coefficient (Wildman–Crippen LogP) is 1.77. The van der Waals surface area contributed by atoms with Gasteiger partial charge in [-0.1, -0.05) is 6.07 Å². The van der Waals surface area contributed by atoms with Crippen LogP contribution in [0.4, 0.5) is 0 Å². The lowest BCUT2D eigenvalue weighted by Gasteiger charge is -2.10. The largest absolute Gasteiger partial charge is 0.507 e. The molecule has 0 saturated carbocycles. The van der Waals surface area contributed by atoms with Crippen molar-refractivity contribution in [3.8, 4) is 22.8 Å². The number of aromatic hydroxyl groups is 1. The SMILES string of the molecule is COc1ccc(O)c(-c2cccc(=O)n2C)c1. The summed E-state index contributed by atoms with van der Waals surface area (Å²) in [4.78, 5) is 11.5. The van der Waals surface area contributed by atoms with Gasteiger partial charge >= 0.3 is 0 Å². The van der Waals surface area contributed by atoms with Crippen LogP contribution >= 0.6 is 0 Å². The quantitative estimate of drug-likeness (QED) is 0.856. The van der Waals surface area contributed by atoms with E-state index in [4.69, 9.17) is 4.74 Å². The molecule has 0 amide bonds. The van der Waals surface area contributed by atoms with Crippen molar-refractivity contribution >= 4 is 0 Å².